The molecular weight excluding hydrogens is 444 g/mol. The van der Waals surface area contributed by atoms with Crippen LogP contribution in [0, 0.1) is 0 Å². The van der Waals surface area contributed by atoms with Crippen LogP contribution >= 0.6 is 27.5 Å². The predicted octanol–water partition coefficient (Wildman–Crippen LogP) is 3.33. The highest BCUT2D eigenvalue weighted by atomic mass is 79.9. The highest BCUT2D eigenvalue weighted by molar-refractivity contribution is 9.10. The number of ether oxygens (including phenoxy) is 1. The summed E-state index contributed by atoms with van der Waals surface area (Å²) >= 11 is 9.34. The van der Waals surface area contributed by atoms with E-state index in [1.807, 2.05) is 11.0 Å². The van der Waals surface area contributed by atoms with Gasteiger partial charge in [-0.1, -0.05) is 17.7 Å². The second kappa shape index (κ2) is 7.64. The van der Waals surface area contributed by atoms with Crippen molar-refractivity contribution >= 4 is 43.2 Å². The molecule has 2 aromatic rings. The number of phenolic OH excluding ortho intramolecular Hbond substituents is 1. The number of methoxy groups -OCH3 is 1. The van der Waals surface area contributed by atoms with Gasteiger partial charge in [-0.15, -0.1) is 0 Å². The second-order valence-electron chi connectivity index (χ2n) is 5.83. The highest BCUT2D eigenvalue weighted by Gasteiger charge is 2.32. The Morgan fingerprint density at radius 3 is 2.46 bits per heavy atom. The number of rotatable bonds is 4. The summed E-state index contributed by atoms with van der Waals surface area (Å²) in [5.74, 6) is 0.427. The second-order valence-corrected chi connectivity index (χ2v) is 9.03. The zero-order valence-corrected chi connectivity index (χ0v) is 17.2. The molecule has 0 bridgehead atoms. The Labute approximate surface area is 166 Å². The molecule has 1 heterocycles. The van der Waals surface area contributed by atoms with E-state index in [0.717, 1.165) is 5.69 Å². The molecule has 9 heteroatoms. The van der Waals surface area contributed by atoms with Crippen molar-refractivity contribution in [1.82, 2.24) is 4.31 Å². The predicted molar refractivity (Wildman–Crippen MR) is 105 cm³/mol. The first-order valence-electron chi connectivity index (χ1n) is 7.90. The van der Waals surface area contributed by atoms with Gasteiger partial charge in [0.15, 0.2) is 5.75 Å². The molecule has 0 spiro atoms. The largest absolute Gasteiger partial charge is 0.508 e. The zero-order chi connectivity index (χ0) is 18.9. The van der Waals surface area contributed by atoms with Crippen molar-refractivity contribution in [1.29, 1.82) is 0 Å². The average molecular weight is 462 g/mol. The average Bonchev–Trinajstić information content (AvgIpc) is 2.61. The summed E-state index contributed by atoms with van der Waals surface area (Å²) in [4.78, 5) is 2.09. The molecule has 140 valence electrons. The minimum absolute atomic E-state index is 0.0465. The maximum Gasteiger partial charge on any atom is 0.246 e. The lowest BCUT2D eigenvalue weighted by atomic mass is 10.2. The Kier molecular flexibility index (Phi) is 5.67. The SMILES string of the molecule is COc1c(Br)cc(Cl)cc1S(=O)(=O)N1CCN(c2cccc(O)c2)CC1. The summed E-state index contributed by atoms with van der Waals surface area (Å²) in [7, 11) is -2.32. The van der Waals surface area contributed by atoms with Crippen LogP contribution in [0.5, 0.6) is 11.5 Å². The lowest BCUT2D eigenvalue weighted by molar-refractivity contribution is 0.373. The third-order valence-corrected chi connectivity index (χ3v) is 6.94. The van der Waals surface area contributed by atoms with Gasteiger partial charge < -0.3 is 14.7 Å². The van der Waals surface area contributed by atoms with Crippen molar-refractivity contribution in [3.05, 3.63) is 45.9 Å². The third kappa shape index (κ3) is 3.78. The molecule has 0 amide bonds. The normalized spacial score (nSPS) is 15.9. The van der Waals surface area contributed by atoms with Gasteiger partial charge in [0.1, 0.15) is 10.6 Å². The van der Waals surface area contributed by atoms with Gasteiger partial charge in [-0.05, 0) is 40.2 Å². The van der Waals surface area contributed by atoms with Crippen LogP contribution in [0.15, 0.2) is 45.8 Å². The van der Waals surface area contributed by atoms with Gasteiger partial charge in [0.2, 0.25) is 10.0 Å². The van der Waals surface area contributed by atoms with Crippen LogP contribution in [-0.2, 0) is 10.0 Å². The molecular formula is C17H18BrClN2O4S. The number of phenols is 1. The van der Waals surface area contributed by atoms with Gasteiger partial charge in [0.05, 0.1) is 11.6 Å². The molecule has 6 nitrogen and oxygen atoms in total. The van der Waals surface area contributed by atoms with Crippen LogP contribution in [0.1, 0.15) is 0 Å². The van der Waals surface area contributed by atoms with Crippen LogP contribution in [-0.4, -0.2) is 51.1 Å². The minimum Gasteiger partial charge on any atom is -0.508 e. The van der Waals surface area contributed by atoms with Crippen molar-refractivity contribution in [3.8, 4) is 11.5 Å². The first-order chi connectivity index (χ1) is 12.3. The molecule has 1 fully saturated rings. The third-order valence-electron chi connectivity index (χ3n) is 4.23. The summed E-state index contributed by atoms with van der Waals surface area (Å²) in [6, 6.07) is 9.93. The van der Waals surface area contributed by atoms with E-state index in [-0.39, 0.29) is 16.4 Å². The lowest BCUT2D eigenvalue weighted by Gasteiger charge is -2.35. The number of nitrogens with zero attached hydrogens (tertiary/aromatic N) is 2. The van der Waals surface area contributed by atoms with Crippen LogP contribution in [0.3, 0.4) is 0 Å². The van der Waals surface area contributed by atoms with Gasteiger partial charge in [-0.3, -0.25) is 0 Å². The van der Waals surface area contributed by atoms with Crippen molar-refractivity contribution in [2.24, 2.45) is 0 Å². The fourth-order valence-corrected chi connectivity index (χ4v) is 5.74. The smallest absolute Gasteiger partial charge is 0.246 e. The van der Waals surface area contributed by atoms with Crippen LogP contribution in [0.4, 0.5) is 5.69 Å². The van der Waals surface area contributed by atoms with Crippen LogP contribution < -0.4 is 9.64 Å². The number of benzene rings is 2. The summed E-state index contributed by atoms with van der Waals surface area (Å²) < 4.78 is 33.3. The molecule has 0 saturated carbocycles. The Morgan fingerprint density at radius 2 is 1.85 bits per heavy atom. The molecule has 0 atom stereocenters. The molecule has 1 aliphatic rings. The highest BCUT2D eigenvalue weighted by Crippen LogP contribution is 2.37. The fourth-order valence-electron chi connectivity index (χ4n) is 2.94. The first-order valence-corrected chi connectivity index (χ1v) is 10.5. The monoisotopic (exact) mass is 460 g/mol. The molecule has 1 aliphatic heterocycles. The summed E-state index contributed by atoms with van der Waals surface area (Å²) in [5.41, 5.74) is 0.866. The maximum absolute atomic E-state index is 13.1. The van der Waals surface area contributed by atoms with Crippen molar-refractivity contribution < 1.29 is 18.3 Å². The van der Waals surface area contributed by atoms with E-state index in [0.29, 0.717) is 35.7 Å². The van der Waals surface area contributed by atoms with E-state index in [1.54, 1.807) is 24.3 Å². The Balaban J connectivity index is 1.83. The number of aromatic hydroxyl groups is 1. The molecule has 26 heavy (non-hydrogen) atoms. The molecule has 0 unspecified atom stereocenters. The number of hydrogen-bond donors (Lipinski definition) is 1. The minimum atomic E-state index is -3.75. The molecule has 1 N–H and O–H groups in total. The van der Waals surface area contributed by atoms with E-state index < -0.39 is 10.0 Å². The number of sulfonamides is 1. The van der Waals surface area contributed by atoms with Crippen LogP contribution in [0.25, 0.3) is 0 Å². The molecule has 2 aromatic carbocycles. The van der Waals surface area contributed by atoms with E-state index in [1.165, 1.54) is 17.5 Å². The van der Waals surface area contributed by atoms with Crippen molar-refractivity contribution in [2.45, 2.75) is 4.90 Å². The number of hydrogen-bond acceptors (Lipinski definition) is 5. The van der Waals surface area contributed by atoms with Gasteiger partial charge >= 0.3 is 0 Å². The summed E-state index contributed by atoms with van der Waals surface area (Å²) in [6.45, 7) is 1.69. The zero-order valence-electron chi connectivity index (χ0n) is 14.0. The van der Waals surface area contributed by atoms with Gasteiger partial charge in [-0.2, -0.15) is 4.31 Å². The van der Waals surface area contributed by atoms with Crippen LogP contribution in [0.2, 0.25) is 5.02 Å². The van der Waals surface area contributed by atoms with E-state index in [4.69, 9.17) is 16.3 Å². The topological polar surface area (TPSA) is 70.1 Å². The Bertz CT molecular complexity index is 915. The standard InChI is InChI=1S/C17H18BrClN2O4S/c1-25-17-15(18)9-12(19)10-16(17)26(23,24)21-7-5-20(6-8-21)13-3-2-4-14(22)11-13/h2-4,9-11,22H,5-8H2,1H3. The number of halogens is 2. The van der Waals surface area contributed by atoms with E-state index in [2.05, 4.69) is 15.9 Å². The molecule has 3 rings (SSSR count). The molecule has 0 aromatic heterocycles. The number of piperazine rings is 1. The van der Waals surface area contributed by atoms with E-state index >= 15 is 0 Å². The number of anilines is 1. The Morgan fingerprint density at radius 1 is 1.15 bits per heavy atom. The maximum atomic E-state index is 13.1. The summed E-state index contributed by atoms with van der Waals surface area (Å²) in [6.07, 6.45) is 0. The van der Waals surface area contributed by atoms with E-state index in [9.17, 15) is 13.5 Å². The van der Waals surface area contributed by atoms with Gasteiger partial charge in [0.25, 0.3) is 0 Å². The first kappa shape index (κ1) is 19.3. The van der Waals surface area contributed by atoms with Crippen molar-refractivity contribution in [3.63, 3.8) is 0 Å². The fraction of sp³-hybridized carbons (Fsp3) is 0.294. The van der Waals surface area contributed by atoms with Crippen molar-refractivity contribution in [2.75, 3.05) is 38.2 Å². The quantitative estimate of drug-likeness (QED) is 0.756. The summed E-state index contributed by atoms with van der Waals surface area (Å²) in [5, 5.41) is 9.93. The van der Waals surface area contributed by atoms with Gasteiger partial charge in [-0.25, -0.2) is 8.42 Å². The van der Waals surface area contributed by atoms with Gasteiger partial charge in [0, 0.05) is 43.0 Å². The molecule has 0 radical (unpaired) electrons. The molecule has 0 aliphatic carbocycles. The Hall–Kier alpha value is -1.48. The molecule has 1 saturated heterocycles. The lowest BCUT2D eigenvalue weighted by Crippen LogP contribution is -2.48.